The highest BCUT2D eigenvalue weighted by Crippen LogP contribution is 2.41. The van der Waals surface area contributed by atoms with E-state index in [4.69, 9.17) is 37.9 Å². The highest BCUT2D eigenvalue weighted by Gasteiger charge is 2.31. The topological polar surface area (TPSA) is 103 Å². The number of halogens is 3. The average molecular weight is 585 g/mol. The maximum absolute atomic E-state index is 14.8. The summed E-state index contributed by atoms with van der Waals surface area (Å²) in [4.78, 5) is 32.4. The summed E-state index contributed by atoms with van der Waals surface area (Å²) in [6.45, 7) is 9.46. The van der Waals surface area contributed by atoms with Gasteiger partial charge in [-0.05, 0) is 19.2 Å². The van der Waals surface area contributed by atoms with E-state index >= 15 is 0 Å². The number of piperazine rings is 1. The number of benzene rings is 1. The Morgan fingerprint density at radius 3 is 2.62 bits per heavy atom. The normalized spacial score (nSPS) is 20.0. The van der Waals surface area contributed by atoms with Crippen molar-refractivity contribution < 1.29 is 13.9 Å². The summed E-state index contributed by atoms with van der Waals surface area (Å²) in [7, 11) is 2.05. The number of carbonyl (C=O) groups is 1. The maximum Gasteiger partial charge on any atom is 0.320 e. The first-order valence-electron chi connectivity index (χ1n) is 12.9. The minimum atomic E-state index is -0.620. The van der Waals surface area contributed by atoms with Crippen molar-refractivity contribution in [3.63, 3.8) is 0 Å². The molecule has 40 heavy (non-hydrogen) atoms. The summed E-state index contributed by atoms with van der Waals surface area (Å²) in [6.07, 6.45) is 2.79. The zero-order chi connectivity index (χ0) is 28.1. The second-order valence-corrected chi connectivity index (χ2v) is 11.1. The standard InChI is InChI=1S/C27H27Cl2FN8O2/c1-4-21(39)37-5-7-38(8-6-37)26-15-9-17(28)24(22-16-11-31-35-19(16)10-18(30)23(22)29)32-25(15)33-27(34-26)40-20-13-36(3)12-14(20)2/h4,9-11,14,20H,1,5-8,12-13H2,2-3H3,(H,31,35)/t14-,20-/m1/s1. The fourth-order valence-electron chi connectivity index (χ4n) is 5.46. The van der Waals surface area contributed by atoms with E-state index in [0.717, 1.165) is 13.1 Å². The van der Waals surface area contributed by atoms with E-state index in [1.807, 2.05) is 7.05 Å². The van der Waals surface area contributed by atoms with Crippen molar-refractivity contribution in [3.8, 4) is 17.3 Å². The minimum absolute atomic E-state index is 0.0904. The Kier molecular flexibility index (Phi) is 6.97. The van der Waals surface area contributed by atoms with Gasteiger partial charge in [0.25, 0.3) is 0 Å². The lowest BCUT2D eigenvalue weighted by atomic mass is 10.1. The summed E-state index contributed by atoms with van der Waals surface area (Å²) in [5.74, 6) is 0.160. The first kappa shape index (κ1) is 26.7. The monoisotopic (exact) mass is 584 g/mol. The Labute approximate surface area is 239 Å². The van der Waals surface area contributed by atoms with Gasteiger partial charge in [-0.3, -0.25) is 9.89 Å². The first-order chi connectivity index (χ1) is 19.2. The molecular formula is C27H27Cl2FN8O2. The van der Waals surface area contributed by atoms with Gasteiger partial charge >= 0.3 is 6.01 Å². The van der Waals surface area contributed by atoms with Gasteiger partial charge in [-0.1, -0.05) is 36.7 Å². The predicted molar refractivity (Wildman–Crippen MR) is 152 cm³/mol. The van der Waals surface area contributed by atoms with Crippen LogP contribution in [0.3, 0.4) is 0 Å². The molecule has 5 heterocycles. The minimum Gasteiger partial charge on any atom is -0.458 e. The second-order valence-electron chi connectivity index (χ2n) is 10.3. The van der Waals surface area contributed by atoms with E-state index in [1.54, 1.807) is 17.2 Å². The van der Waals surface area contributed by atoms with Gasteiger partial charge < -0.3 is 19.4 Å². The Bertz CT molecular complexity index is 1640. The summed E-state index contributed by atoms with van der Waals surface area (Å²) in [5.41, 5.74) is 1.40. The van der Waals surface area contributed by atoms with Crippen molar-refractivity contribution in [1.29, 1.82) is 0 Å². The third-order valence-electron chi connectivity index (χ3n) is 7.52. The Morgan fingerprint density at radius 1 is 1.15 bits per heavy atom. The molecule has 0 aliphatic carbocycles. The Morgan fingerprint density at radius 2 is 1.93 bits per heavy atom. The van der Waals surface area contributed by atoms with Gasteiger partial charge in [0.15, 0.2) is 5.65 Å². The van der Waals surface area contributed by atoms with Gasteiger partial charge in [-0.2, -0.15) is 15.1 Å². The van der Waals surface area contributed by atoms with Gasteiger partial charge in [0.05, 0.1) is 32.8 Å². The molecule has 208 valence electrons. The number of amides is 1. The number of aromatic amines is 1. The number of aromatic nitrogens is 5. The molecule has 3 aromatic heterocycles. The third kappa shape index (κ3) is 4.71. The molecule has 1 aromatic carbocycles. The molecule has 10 nitrogen and oxygen atoms in total. The maximum atomic E-state index is 14.8. The molecule has 0 unspecified atom stereocenters. The SMILES string of the molecule is C=CC(=O)N1CCN(c2nc(O[C@@H]3CN(C)C[C@H]3C)nc3nc(-c4c(Cl)c(F)cc5[nH]ncc45)c(Cl)cc23)CC1. The van der Waals surface area contributed by atoms with Crippen molar-refractivity contribution in [2.75, 3.05) is 51.2 Å². The van der Waals surface area contributed by atoms with Crippen LogP contribution in [0.4, 0.5) is 10.2 Å². The fraction of sp³-hybridized carbons (Fsp3) is 0.370. The fourth-order valence-corrected chi connectivity index (χ4v) is 5.95. The number of carbonyl (C=O) groups excluding carboxylic acids is 1. The molecule has 6 rings (SSSR count). The molecule has 0 spiro atoms. The van der Waals surface area contributed by atoms with Crippen LogP contribution in [-0.4, -0.2) is 93.3 Å². The highest BCUT2D eigenvalue weighted by molar-refractivity contribution is 6.38. The molecule has 0 radical (unpaired) electrons. The molecule has 2 fully saturated rings. The van der Waals surface area contributed by atoms with Crippen molar-refractivity contribution in [1.82, 2.24) is 34.9 Å². The summed E-state index contributed by atoms with van der Waals surface area (Å²) >= 11 is 13.2. The molecule has 2 saturated heterocycles. The van der Waals surface area contributed by atoms with Crippen molar-refractivity contribution in [2.24, 2.45) is 5.92 Å². The van der Waals surface area contributed by atoms with E-state index in [-0.39, 0.29) is 39.7 Å². The third-order valence-corrected chi connectivity index (χ3v) is 8.18. The van der Waals surface area contributed by atoms with Crippen LogP contribution in [0.25, 0.3) is 33.2 Å². The second kappa shape index (κ2) is 10.5. The van der Waals surface area contributed by atoms with Crippen LogP contribution in [0.2, 0.25) is 10.0 Å². The quantitative estimate of drug-likeness (QED) is 0.348. The lowest BCUT2D eigenvalue weighted by Crippen LogP contribution is -2.48. The van der Waals surface area contributed by atoms with E-state index in [9.17, 15) is 9.18 Å². The molecule has 1 amide bonds. The van der Waals surface area contributed by atoms with E-state index in [2.05, 4.69) is 38.5 Å². The van der Waals surface area contributed by atoms with E-state index in [0.29, 0.717) is 59.5 Å². The number of hydrogen-bond acceptors (Lipinski definition) is 8. The molecule has 1 N–H and O–H groups in total. The van der Waals surface area contributed by atoms with Gasteiger partial charge in [0.2, 0.25) is 5.91 Å². The van der Waals surface area contributed by atoms with Crippen LogP contribution in [0.1, 0.15) is 6.92 Å². The smallest absolute Gasteiger partial charge is 0.320 e. The van der Waals surface area contributed by atoms with Crippen LogP contribution in [0.15, 0.2) is 31.0 Å². The Balaban J connectivity index is 1.48. The van der Waals surface area contributed by atoms with Gasteiger partial charge in [0.1, 0.15) is 17.7 Å². The lowest BCUT2D eigenvalue weighted by molar-refractivity contribution is -0.126. The van der Waals surface area contributed by atoms with Gasteiger partial charge in [-0.25, -0.2) is 9.37 Å². The first-order valence-corrected chi connectivity index (χ1v) is 13.7. The van der Waals surface area contributed by atoms with Crippen molar-refractivity contribution >= 4 is 56.9 Å². The van der Waals surface area contributed by atoms with Crippen LogP contribution < -0.4 is 9.64 Å². The molecule has 2 aliphatic rings. The highest BCUT2D eigenvalue weighted by atomic mass is 35.5. The van der Waals surface area contributed by atoms with Crippen LogP contribution in [-0.2, 0) is 4.79 Å². The molecule has 0 bridgehead atoms. The van der Waals surface area contributed by atoms with E-state index in [1.165, 1.54) is 12.1 Å². The molecule has 2 atom stereocenters. The number of nitrogens with one attached hydrogen (secondary N) is 1. The van der Waals surface area contributed by atoms with Crippen molar-refractivity contribution in [2.45, 2.75) is 13.0 Å². The Hall–Kier alpha value is -3.54. The van der Waals surface area contributed by atoms with Gasteiger partial charge in [0, 0.05) is 62.2 Å². The number of likely N-dealkylation sites (tertiary alicyclic amines) is 1. The van der Waals surface area contributed by atoms with Crippen LogP contribution in [0.5, 0.6) is 6.01 Å². The van der Waals surface area contributed by atoms with Crippen LogP contribution >= 0.6 is 23.2 Å². The molecule has 2 aliphatic heterocycles. The van der Waals surface area contributed by atoms with Gasteiger partial charge in [-0.15, -0.1) is 0 Å². The molecule has 0 saturated carbocycles. The lowest BCUT2D eigenvalue weighted by Gasteiger charge is -2.35. The average Bonchev–Trinajstić information content (AvgIpc) is 3.53. The number of ether oxygens (including phenoxy) is 1. The number of rotatable bonds is 5. The molecule has 4 aromatic rings. The summed E-state index contributed by atoms with van der Waals surface area (Å²) < 4.78 is 21.1. The summed E-state index contributed by atoms with van der Waals surface area (Å²) in [5, 5.41) is 8.14. The number of anilines is 1. The van der Waals surface area contributed by atoms with Crippen LogP contribution in [0, 0.1) is 11.7 Å². The predicted octanol–water partition coefficient (Wildman–Crippen LogP) is 4.18. The van der Waals surface area contributed by atoms with E-state index < -0.39 is 5.82 Å². The van der Waals surface area contributed by atoms with Crippen molar-refractivity contribution in [3.05, 3.63) is 46.8 Å². The zero-order valence-corrected chi connectivity index (χ0v) is 23.5. The number of pyridine rings is 1. The molecule has 13 heteroatoms. The number of fused-ring (bicyclic) bond motifs is 2. The molecular weight excluding hydrogens is 558 g/mol. The summed E-state index contributed by atoms with van der Waals surface area (Å²) in [6, 6.07) is 3.20. The number of nitrogens with zero attached hydrogens (tertiary/aromatic N) is 7. The largest absolute Gasteiger partial charge is 0.458 e. The number of H-pyrrole nitrogens is 1. The number of likely N-dealkylation sites (N-methyl/N-ethyl adjacent to an activating group) is 1. The number of hydrogen-bond donors (Lipinski definition) is 1. The zero-order valence-electron chi connectivity index (χ0n) is 22.0.